The fourth-order valence-corrected chi connectivity index (χ4v) is 2.30. The minimum Gasteiger partial charge on any atom is -0.381 e. The molecule has 0 saturated heterocycles. The highest BCUT2D eigenvalue weighted by atomic mass is 16.5. The van der Waals surface area contributed by atoms with Crippen molar-refractivity contribution in [2.24, 2.45) is 23.7 Å². The topological polar surface area (TPSA) is 18.5 Å². The van der Waals surface area contributed by atoms with Gasteiger partial charge in [-0.05, 0) is 37.5 Å². The van der Waals surface area contributed by atoms with E-state index in [0.717, 1.165) is 50.1 Å². The van der Waals surface area contributed by atoms with Gasteiger partial charge >= 0.3 is 0 Å². The lowest BCUT2D eigenvalue weighted by Crippen LogP contribution is -2.12. The number of ether oxygens (including phenoxy) is 2. The Labute approximate surface area is 74.2 Å². The van der Waals surface area contributed by atoms with Gasteiger partial charge in [-0.2, -0.15) is 0 Å². The van der Waals surface area contributed by atoms with Crippen LogP contribution in [0.1, 0.15) is 13.8 Å². The quantitative estimate of drug-likeness (QED) is 0.602. The van der Waals surface area contributed by atoms with Crippen molar-refractivity contribution in [1.82, 2.24) is 0 Å². The Morgan fingerprint density at radius 1 is 0.833 bits per heavy atom. The molecule has 0 aromatic rings. The molecular formula is C10H18O2. The van der Waals surface area contributed by atoms with E-state index in [1.165, 1.54) is 0 Å². The van der Waals surface area contributed by atoms with Crippen LogP contribution in [0.25, 0.3) is 0 Å². The van der Waals surface area contributed by atoms with Crippen LogP contribution in [0, 0.1) is 23.7 Å². The Bertz CT molecular complexity index is 132. The Morgan fingerprint density at radius 3 is 1.58 bits per heavy atom. The molecule has 0 spiro atoms. The smallest absolute Gasteiger partial charge is 0.0499 e. The maximum Gasteiger partial charge on any atom is 0.0499 e. The van der Waals surface area contributed by atoms with Gasteiger partial charge in [0.25, 0.3) is 0 Å². The van der Waals surface area contributed by atoms with E-state index in [1.807, 2.05) is 0 Å². The van der Waals surface area contributed by atoms with Crippen molar-refractivity contribution in [3.63, 3.8) is 0 Å². The van der Waals surface area contributed by atoms with Gasteiger partial charge in [-0.1, -0.05) is 0 Å². The van der Waals surface area contributed by atoms with Crippen LogP contribution in [0.15, 0.2) is 0 Å². The van der Waals surface area contributed by atoms with Crippen molar-refractivity contribution in [2.75, 3.05) is 26.4 Å². The second-order valence-corrected chi connectivity index (χ2v) is 3.80. The van der Waals surface area contributed by atoms with Gasteiger partial charge in [-0.3, -0.25) is 0 Å². The number of hydrogen-bond donors (Lipinski definition) is 0. The summed E-state index contributed by atoms with van der Waals surface area (Å²) in [5, 5.41) is 0. The average molecular weight is 170 g/mol. The Hall–Kier alpha value is -0.0800. The third-order valence-corrected chi connectivity index (χ3v) is 3.17. The summed E-state index contributed by atoms with van der Waals surface area (Å²) < 4.78 is 10.7. The van der Waals surface area contributed by atoms with Crippen molar-refractivity contribution in [3.05, 3.63) is 0 Å². The maximum atomic E-state index is 5.37. The third-order valence-electron chi connectivity index (χ3n) is 3.17. The Morgan fingerprint density at radius 2 is 1.25 bits per heavy atom. The van der Waals surface area contributed by atoms with Gasteiger partial charge in [0.1, 0.15) is 0 Å². The minimum absolute atomic E-state index is 0.867. The van der Waals surface area contributed by atoms with E-state index in [9.17, 15) is 0 Å². The van der Waals surface area contributed by atoms with Crippen LogP contribution in [0.4, 0.5) is 0 Å². The Balaban J connectivity index is 1.52. The van der Waals surface area contributed by atoms with E-state index in [0.29, 0.717) is 0 Å². The van der Waals surface area contributed by atoms with E-state index in [4.69, 9.17) is 9.47 Å². The summed E-state index contributed by atoms with van der Waals surface area (Å²) in [6, 6.07) is 0. The molecule has 0 heterocycles. The zero-order valence-corrected chi connectivity index (χ0v) is 7.95. The molecule has 0 amide bonds. The third kappa shape index (κ3) is 1.38. The van der Waals surface area contributed by atoms with Gasteiger partial charge in [-0.25, -0.2) is 0 Å². The molecule has 2 aliphatic carbocycles. The van der Waals surface area contributed by atoms with E-state index in [1.54, 1.807) is 0 Å². The molecule has 0 aromatic heterocycles. The zero-order valence-electron chi connectivity index (χ0n) is 7.95. The van der Waals surface area contributed by atoms with Crippen molar-refractivity contribution in [3.8, 4) is 0 Å². The van der Waals surface area contributed by atoms with E-state index in [2.05, 4.69) is 13.8 Å². The molecule has 0 bridgehead atoms. The summed E-state index contributed by atoms with van der Waals surface area (Å²) in [5.74, 6) is 3.75. The summed E-state index contributed by atoms with van der Waals surface area (Å²) in [7, 11) is 0. The summed E-state index contributed by atoms with van der Waals surface area (Å²) in [4.78, 5) is 0. The molecule has 2 fully saturated rings. The second kappa shape index (κ2) is 3.35. The minimum atomic E-state index is 0.867. The van der Waals surface area contributed by atoms with Crippen LogP contribution in [-0.4, -0.2) is 26.4 Å². The standard InChI is InChI=1S/C10H18O2/c1-3-11-5-7-9-8(10(7)9)6-12-4-2/h7-10H,3-6H2,1-2H3. The SMILES string of the molecule is CCOCC1C2C(COCC)C12. The van der Waals surface area contributed by atoms with Gasteiger partial charge in [-0.15, -0.1) is 0 Å². The first-order valence-corrected chi connectivity index (χ1v) is 5.05. The fourth-order valence-electron chi connectivity index (χ4n) is 2.30. The van der Waals surface area contributed by atoms with Crippen molar-refractivity contribution < 1.29 is 9.47 Å². The van der Waals surface area contributed by atoms with Gasteiger partial charge in [0.15, 0.2) is 0 Å². The molecule has 0 radical (unpaired) electrons. The number of hydrogen-bond acceptors (Lipinski definition) is 2. The largest absolute Gasteiger partial charge is 0.381 e. The van der Waals surface area contributed by atoms with Crippen LogP contribution in [0.2, 0.25) is 0 Å². The first-order chi connectivity index (χ1) is 5.90. The highest BCUT2D eigenvalue weighted by Gasteiger charge is 2.72. The van der Waals surface area contributed by atoms with E-state index < -0.39 is 0 Å². The second-order valence-electron chi connectivity index (χ2n) is 3.80. The molecule has 2 nitrogen and oxygen atoms in total. The lowest BCUT2D eigenvalue weighted by atomic mass is 10.1. The van der Waals surface area contributed by atoms with Gasteiger partial charge < -0.3 is 9.47 Å². The predicted octanol–water partition coefficient (Wildman–Crippen LogP) is 1.55. The van der Waals surface area contributed by atoms with Crippen LogP contribution < -0.4 is 0 Å². The molecule has 0 atom stereocenters. The van der Waals surface area contributed by atoms with E-state index >= 15 is 0 Å². The summed E-state index contributed by atoms with van der Waals surface area (Å²) in [5.41, 5.74) is 0. The highest BCUT2D eigenvalue weighted by molar-refractivity contribution is 5.19. The van der Waals surface area contributed by atoms with Gasteiger partial charge in [0.05, 0.1) is 0 Å². The normalized spacial score (nSPS) is 42.5. The molecule has 2 heteroatoms. The molecule has 2 rings (SSSR count). The monoisotopic (exact) mass is 170 g/mol. The molecule has 0 aliphatic heterocycles. The van der Waals surface area contributed by atoms with Crippen LogP contribution in [-0.2, 0) is 9.47 Å². The summed E-state index contributed by atoms with van der Waals surface area (Å²) in [6.45, 7) is 7.85. The average Bonchev–Trinajstić information content (AvgIpc) is 2.92. The number of fused-ring (bicyclic) bond motifs is 1. The molecule has 0 aromatic carbocycles. The van der Waals surface area contributed by atoms with Crippen LogP contribution >= 0.6 is 0 Å². The lowest BCUT2D eigenvalue weighted by molar-refractivity contribution is 0.0865. The molecule has 0 N–H and O–H groups in total. The van der Waals surface area contributed by atoms with E-state index in [-0.39, 0.29) is 0 Å². The maximum absolute atomic E-state index is 5.37. The molecule has 12 heavy (non-hydrogen) atoms. The summed E-state index contributed by atoms with van der Waals surface area (Å²) >= 11 is 0. The highest BCUT2D eigenvalue weighted by Crippen LogP contribution is 2.72. The molecule has 2 saturated carbocycles. The zero-order chi connectivity index (χ0) is 8.55. The molecule has 70 valence electrons. The molecule has 0 unspecified atom stereocenters. The first-order valence-electron chi connectivity index (χ1n) is 5.05. The Kier molecular flexibility index (Phi) is 2.37. The molecule has 2 aliphatic rings. The summed E-state index contributed by atoms with van der Waals surface area (Å²) in [6.07, 6.45) is 0. The van der Waals surface area contributed by atoms with Crippen LogP contribution in [0.3, 0.4) is 0 Å². The van der Waals surface area contributed by atoms with Crippen molar-refractivity contribution in [2.45, 2.75) is 13.8 Å². The lowest BCUT2D eigenvalue weighted by Gasteiger charge is -2.10. The fraction of sp³-hybridized carbons (Fsp3) is 1.00. The van der Waals surface area contributed by atoms with Gasteiger partial charge in [0.2, 0.25) is 0 Å². The predicted molar refractivity (Wildman–Crippen MR) is 46.9 cm³/mol. The van der Waals surface area contributed by atoms with Crippen molar-refractivity contribution in [1.29, 1.82) is 0 Å². The molecular weight excluding hydrogens is 152 g/mol. The first kappa shape index (κ1) is 8.52. The van der Waals surface area contributed by atoms with Crippen LogP contribution in [0.5, 0.6) is 0 Å². The van der Waals surface area contributed by atoms with Crippen molar-refractivity contribution >= 4 is 0 Å². The number of rotatable bonds is 6. The van der Waals surface area contributed by atoms with Gasteiger partial charge in [0, 0.05) is 26.4 Å².